The highest BCUT2D eigenvalue weighted by atomic mass is 32.1. The van der Waals surface area contributed by atoms with Crippen molar-refractivity contribution in [3.05, 3.63) is 70.1 Å². The Morgan fingerprint density at radius 3 is 2.49 bits per heavy atom. The summed E-state index contributed by atoms with van der Waals surface area (Å²) < 4.78 is 68.9. The lowest BCUT2D eigenvalue weighted by Crippen LogP contribution is -2.51. The zero-order valence-corrected chi connectivity index (χ0v) is 23.4. The summed E-state index contributed by atoms with van der Waals surface area (Å²) in [6, 6.07) is 8.14. The summed E-state index contributed by atoms with van der Waals surface area (Å²) in [6.45, 7) is -0.670. The van der Waals surface area contributed by atoms with Crippen LogP contribution in [0, 0.1) is 5.82 Å². The van der Waals surface area contributed by atoms with Crippen LogP contribution in [0.15, 0.2) is 42.5 Å². The number of rotatable bonds is 8. The zero-order chi connectivity index (χ0) is 31.3. The van der Waals surface area contributed by atoms with Gasteiger partial charge in [0.2, 0.25) is 11.5 Å². The average molecular weight is 621 g/mol. The summed E-state index contributed by atoms with van der Waals surface area (Å²) in [6.07, 6.45) is -5.38. The average Bonchev–Trinajstić information content (AvgIpc) is 3.56. The molecule has 0 bridgehead atoms. The molecule has 0 saturated heterocycles. The quantitative estimate of drug-likeness (QED) is 0.219. The molecule has 5 rings (SSSR count). The summed E-state index contributed by atoms with van der Waals surface area (Å²) in [4.78, 5) is 33.7. The Labute approximate surface area is 245 Å². The largest absolute Gasteiger partial charge is 0.494 e. The first-order valence-electron chi connectivity index (χ1n) is 12.6. The molecule has 2 unspecified atom stereocenters. The number of thiazole rings is 1. The molecule has 2 aromatic heterocycles. The second kappa shape index (κ2) is 10.7. The van der Waals surface area contributed by atoms with E-state index in [0.717, 1.165) is 29.5 Å². The third kappa shape index (κ3) is 5.13. The van der Waals surface area contributed by atoms with E-state index in [9.17, 15) is 37.4 Å². The number of hydrogen-bond donors (Lipinski definition) is 4. The fraction of sp³-hybridized carbons (Fsp3) is 0.286. The van der Waals surface area contributed by atoms with E-state index in [1.165, 1.54) is 38.3 Å². The number of ether oxygens (including phenoxy) is 2. The molecular formula is C28H24F4N4O6S. The van der Waals surface area contributed by atoms with Gasteiger partial charge in [-0.15, -0.1) is 11.3 Å². The Hall–Kier alpha value is -4.34. The summed E-state index contributed by atoms with van der Waals surface area (Å²) in [5.41, 5.74) is -0.531. The third-order valence-electron chi connectivity index (χ3n) is 7.25. The van der Waals surface area contributed by atoms with E-state index in [1.807, 2.05) is 0 Å². The summed E-state index contributed by atoms with van der Waals surface area (Å²) >= 11 is 1.06. The fourth-order valence-electron chi connectivity index (χ4n) is 4.65. The molecule has 15 heteroatoms. The molecular weight excluding hydrogens is 596 g/mol. The first-order valence-corrected chi connectivity index (χ1v) is 13.4. The Bertz CT molecular complexity index is 1750. The van der Waals surface area contributed by atoms with E-state index >= 15 is 0 Å². The lowest BCUT2D eigenvalue weighted by Gasteiger charge is -2.31. The Morgan fingerprint density at radius 1 is 1.19 bits per heavy atom. The number of aliphatic hydroxyl groups is 2. The minimum atomic E-state index is -5.38. The van der Waals surface area contributed by atoms with Crippen LogP contribution in [0.1, 0.15) is 33.5 Å². The van der Waals surface area contributed by atoms with Gasteiger partial charge in [-0.05, 0) is 49.4 Å². The van der Waals surface area contributed by atoms with Crippen LogP contribution in [-0.2, 0) is 22.4 Å². The van der Waals surface area contributed by atoms with Gasteiger partial charge >= 0.3 is 6.18 Å². The number of alkyl halides is 3. The van der Waals surface area contributed by atoms with Gasteiger partial charge in [-0.25, -0.2) is 14.4 Å². The number of carbonyl (C=O) groups is 2. The predicted molar refractivity (Wildman–Crippen MR) is 146 cm³/mol. The van der Waals surface area contributed by atoms with Gasteiger partial charge in [0, 0.05) is 16.7 Å². The maximum Gasteiger partial charge on any atom is 0.424 e. The van der Waals surface area contributed by atoms with Crippen molar-refractivity contribution >= 4 is 33.4 Å². The maximum absolute atomic E-state index is 14.6. The number of nitrogens with one attached hydrogen (secondary N) is 1. The SMILES string of the molecule is COc1cc(C(=O)NCC(O)(c2cc3c(c(-c4ccc(F)cc4)n2)OCC3(C)C(N)=O)C(F)(F)F)cc2sc(CO)nc12. The van der Waals surface area contributed by atoms with Gasteiger partial charge in [-0.3, -0.25) is 9.59 Å². The number of fused-ring (bicyclic) bond motifs is 2. The number of amides is 2. The van der Waals surface area contributed by atoms with Gasteiger partial charge in [-0.2, -0.15) is 13.2 Å². The lowest BCUT2D eigenvalue weighted by molar-refractivity contribution is -0.265. The fourth-order valence-corrected chi connectivity index (χ4v) is 5.53. The molecule has 5 N–H and O–H groups in total. The van der Waals surface area contributed by atoms with Crippen LogP contribution in [0.4, 0.5) is 17.6 Å². The van der Waals surface area contributed by atoms with E-state index in [1.54, 1.807) is 0 Å². The van der Waals surface area contributed by atoms with Crippen LogP contribution < -0.4 is 20.5 Å². The number of pyridine rings is 1. The van der Waals surface area contributed by atoms with Crippen LogP contribution >= 0.6 is 11.3 Å². The number of benzene rings is 2. The molecule has 3 heterocycles. The molecule has 0 fully saturated rings. The molecule has 226 valence electrons. The van der Waals surface area contributed by atoms with Crippen molar-refractivity contribution in [1.82, 2.24) is 15.3 Å². The lowest BCUT2D eigenvalue weighted by atomic mass is 9.81. The first kappa shape index (κ1) is 30.1. The smallest absolute Gasteiger partial charge is 0.424 e. The number of nitrogens with two attached hydrogens (primary N) is 1. The molecule has 4 aromatic rings. The number of methoxy groups -OCH3 is 1. The number of halogens is 4. The van der Waals surface area contributed by atoms with E-state index in [-0.39, 0.29) is 47.1 Å². The van der Waals surface area contributed by atoms with Crippen molar-refractivity contribution < 1.29 is 46.8 Å². The van der Waals surface area contributed by atoms with Crippen LogP contribution in [-0.4, -0.2) is 58.4 Å². The van der Waals surface area contributed by atoms with Gasteiger partial charge < -0.3 is 30.7 Å². The highest BCUT2D eigenvalue weighted by molar-refractivity contribution is 7.18. The summed E-state index contributed by atoms with van der Waals surface area (Å²) in [5, 5.41) is 23.1. The van der Waals surface area contributed by atoms with Crippen LogP contribution in [0.5, 0.6) is 11.5 Å². The molecule has 1 aliphatic heterocycles. The zero-order valence-electron chi connectivity index (χ0n) is 22.6. The van der Waals surface area contributed by atoms with Crippen LogP contribution in [0.25, 0.3) is 21.5 Å². The number of nitrogens with zero attached hydrogens (tertiary/aromatic N) is 2. The first-order chi connectivity index (χ1) is 20.2. The van der Waals surface area contributed by atoms with Crippen LogP contribution in [0.2, 0.25) is 0 Å². The van der Waals surface area contributed by atoms with Gasteiger partial charge in [-0.1, -0.05) is 0 Å². The number of hydrogen-bond acceptors (Lipinski definition) is 9. The van der Waals surface area contributed by atoms with Crippen molar-refractivity contribution in [1.29, 1.82) is 0 Å². The Morgan fingerprint density at radius 2 is 1.88 bits per heavy atom. The van der Waals surface area contributed by atoms with E-state index in [4.69, 9.17) is 15.2 Å². The predicted octanol–water partition coefficient (Wildman–Crippen LogP) is 3.31. The van der Waals surface area contributed by atoms with Gasteiger partial charge in [0.05, 0.1) is 30.7 Å². The van der Waals surface area contributed by atoms with Crippen molar-refractivity contribution in [2.24, 2.45) is 5.73 Å². The minimum Gasteiger partial charge on any atom is -0.494 e. The van der Waals surface area contributed by atoms with Crippen molar-refractivity contribution in [3.8, 4) is 22.8 Å². The molecule has 1 aliphatic rings. The van der Waals surface area contributed by atoms with Gasteiger partial charge in [0.15, 0.2) is 0 Å². The molecule has 10 nitrogen and oxygen atoms in total. The summed E-state index contributed by atoms with van der Waals surface area (Å²) in [7, 11) is 1.32. The molecule has 0 saturated carbocycles. The van der Waals surface area contributed by atoms with Crippen molar-refractivity contribution in [2.75, 3.05) is 20.3 Å². The maximum atomic E-state index is 14.6. The second-order valence-corrected chi connectivity index (χ2v) is 11.2. The third-order valence-corrected chi connectivity index (χ3v) is 8.24. The molecule has 2 atom stereocenters. The molecule has 0 radical (unpaired) electrons. The molecule has 43 heavy (non-hydrogen) atoms. The standard InChI is InChI=1S/C28H24F4N4O6S/c1-26(25(33)39)12-42-23-16(26)9-19(35-21(23)13-3-5-15(29)6-4-13)27(40,28(30,31)32)11-34-24(38)14-7-17(41-2)22-18(8-14)43-20(10-37)36-22/h3-9,37,40H,10-12H2,1-2H3,(H2,33,39)(H,34,38). The van der Waals surface area contributed by atoms with Crippen molar-refractivity contribution in [3.63, 3.8) is 0 Å². The Kier molecular flexibility index (Phi) is 7.52. The van der Waals surface area contributed by atoms with Gasteiger partial charge in [0.25, 0.3) is 5.91 Å². The number of carbonyl (C=O) groups excluding carboxylic acids is 2. The highest BCUT2D eigenvalue weighted by Crippen LogP contribution is 2.47. The number of primary amides is 1. The molecule has 0 spiro atoms. The van der Waals surface area contributed by atoms with Gasteiger partial charge in [0.1, 0.15) is 45.6 Å². The van der Waals surface area contributed by atoms with E-state index in [2.05, 4.69) is 15.3 Å². The topological polar surface area (TPSA) is 157 Å². The van der Waals surface area contributed by atoms with E-state index in [0.29, 0.717) is 15.2 Å². The summed E-state index contributed by atoms with van der Waals surface area (Å²) in [5.74, 6) is -2.38. The van der Waals surface area contributed by atoms with Crippen LogP contribution in [0.3, 0.4) is 0 Å². The van der Waals surface area contributed by atoms with E-state index < -0.39 is 47.1 Å². The minimum absolute atomic E-state index is 0.0441. The number of aromatic nitrogens is 2. The monoisotopic (exact) mass is 620 g/mol. The normalized spacial score (nSPS) is 17.7. The molecule has 2 aromatic carbocycles. The Balaban J connectivity index is 1.58. The molecule has 0 aliphatic carbocycles. The highest BCUT2D eigenvalue weighted by Gasteiger charge is 2.57. The number of aliphatic hydroxyl groups excluding tert-OH is 1. The van der Waals surface area contributed by atoms with Crippen molar-refractivity contribution in [2.45, 2.75) is 30.7 Å². The molecule has 2 amide bonds. The second-order valence-electron chi connectivity index (χ2n) is 10.1.